The average molecular weight is 375 g/mol. The maximum Gasteiger partial charge on any atom is 0.0629 e. The van der Waals surface area contributed by atoms with Crippen LogP contribution < -0.4 is 10.2 Å². The first kappa shape index (κ1) is 22.2. The molecule has 3 heteroatoms. The Morgan fingerprint density at radius 2 is 1.81 bits per heavy atom. The average Bonchev–Trinajstić information content (AvgIpc) is 2.60. The van der Waals surface area contributed by atoms with E-state index in [1.54, 1.807) is 0 Å². The molecule has 1 heterocycles. The molecule has 0 spiro atoms. The van der Waals surface area contributed by atoms with Crippen LogP contribution in [0.4, 0.5) is 5.69 Å². The Labute approximate surface area is 167 Å². The lowest BCUT2D eigenvalue weighted by Gasteiger charge is -2.39. The first-order valence-corrected chi connectivity index (χ1v) is 10.9. The minimum Gasteiger partial charge on any atom is -0.378 e. The van der Waals surface area contributed by atoms with Gasteiger partial charge in [0.15, 0.2) is 0 Å². The van der Waals surface area contributed by atoms with Gasteiger partial charge in [0.2, 0.25) is 0 Å². The fourth-order valence-electron chi connectivity index (χ4n) is 4.28. The molecule has 1 aliphatic rings. The van der Waals surface area contributed by atoms with Crippen LogP contribution in [0, 0.1) is 17.8 Å². The van der Waals surface area contributed by atoms with Crippen LogP contribution >= 0.6 is 0 Å². The van der Waals surface area contributed by atoms with Crippen molar-refractivity contribution in [3.05, 3.63) is 29.8 Å². The number of benzene rings is 1. The van der Waals surface area contributed by atoms with Gasteiger partial charge in [0, 0.05) is 32.9 Å². The van der Waals surface area contributed by atoms with E-state index in [9.17, 15) is 0 Å². The smallest absolute Gasteiger partial charge is 0.0629 e. The van der Waals surface area contributed by atoms with Gasteiger partial charge in [-0.15, -0.1) is 0 Å². The molecule has 0 unspecified atom stereocenters. The number of nitrogens with zero attached hydrogens (tertiary/aromatic N) is 1. The van der Waals surface area contributed by atoms with Crippen molar-refractivity contribution in [2.45, 2.75) is 71.9 Å². The van der Waals surface area contributed by atoms with E-state index < -0.39 is 0 Å². The second-order valence-corrected chi connectivity index (χ2v) is 9.62. The first-order chi connectivity index (χ1) is 12.8. The Hall–Kier alpha value is -1.06. The molecule has 1 fully saturated rings. The Kier molecular flexibility index (Phi) is 8.62. The third kappa shape index (κ3) is 7.83. The van der Waals surface area contributed by atoms with Crippen LogP contribution in [0.3, 0.4) is 0 Å². The highest BCUT2D eigenvalue weighted by atomic mass is 16.5. The zero-order chi connectivity index (χ0) is 19.9. The van der Waals surface area contributed by atoms with Crippen LogP contribution in [0.2, 0.25) is 0 Å². The highest BCUT2D eigenvalue weighted by Gasteiger charge is 2.33. The highest BCUT2D eigenvalue weighted by molar-refractivity contribution is 5.45. The Bertz CT molecular complexity index is 536. The van der Waals surface area contributed by atoms with E-state index in [4.69, 9.17) is 4.74 Å². The van der Waals surface area contributed by atoms with Crippen molar-refractivity contribution in [2.75, 3.05) is 32.1 Å². The van der Waals surface area contributed by atoms with E-state index in [1.165, 1.54) is 43.4 Å². The fraction of sp³-hybridized carbons (Fsp3) is 0.750. The van der Waals surface area contributed by atoms with Gasteiger partial charge < -0.3 is 15.0 Å². The summed E-state index contributed by atoms with van der Waals surface area (Å²) in [6.45, 7) is 12.2. The molecule has 0 saturated carbocycles. The van der Waals surface area contributed by atoms with Gasteiger partial charge in [-0.2, -0.15) is 0 Å². The van der Waals surface area contributed by atoms with Gasteiger partial charge in [-0.3, -0.25) is 0 Å². The van der Waals surface area contributed by atoms with Crippen molar-refractivity contribution in [1.29, 1.82) is 0 Å². The maximum absolute atomic E-state index is 5.96. The topological polar surface area (TPSA) is 24.5 Å². The number of anilines is 1. The molecule has 1 aromatic rings. The monoisotopic (exact) mass is 374 g/mol. The molecule has 0 aromatic heterocycles. The molecule has 1 saturated heterocycles. The largest absolute Gasteiger partial charge is 0.378 e. The molecule has 2 rings (SSSR count). The second kappa shape index (κ2) is 10.5. The summed E-state index contributed by atoms with van der Waals surface area (Å²) < 4.78 is 5.96. The molecular formula is C24H42N2O. The molecule has 1 aliphatic heterocycles. The van der Waals surface area contributed by atoms with Crippen LogP contribution in [0.15, 0.2) is 24.3 Å². The first-order valence-electron chi connectivity index (χ1n) is 10.9. The Morgan fingerprint density at radius 3 is 2.41 bits per heavy atom. The van der Waals surface area contributed by atoms with E-state index >= 15 is 0 Å². The lowest BCUT2D eigenvalue weighted by atomic mass is 9.75. The van der Waals surface area contributed by atoms with Crippen LogP contribution in [-0.4, -0.2) is 32.8 Å². The van der Waals surface area contributed by atoms with E-state index in [2.05, 4.69) is 76.3 Å². The summed E-state index contributed by atoms with van der Waals surface area (Å²) >= 11 is 0. The third-order valence-corrected chi connectivity index (χ3v) is 5.99. The number of hydrogen-bond acceptors (Lipinski definition) is 3. The molecular weight excluding hydrogens is 332 g/mol. The van der Waals surface area contributed by atoms with Gasteiger partial charge in [-0.1, -0.05) is 32.4 Å². The third-order valence-electron chi connectivity index (χ3n) is 5.99. The molecule has 0 amide bonds. The van der Waals surface area contributed by atoms with E-state index in [0.717, 1.165) is 37.5 Å². The van der Waals surface area contributed by atoms with Crippen LogP contribution in [-0.2, 0) is 11.3 Å². The lowest BCUT2D eigenvalue weighted by molar-refractivity contribution is -0.0839. The zero-order valence-electron chi connectivity index (χ0n) is 18.6. The lowest BCUT2D eigenvalue weighted by Crippen LogP contribution is -2.37. The molecule has 1 aromatic carbocycles. The molecule has 0 radical (unpaired) electrons. The molecule has 2 atom stereocenters. The van der Waals surface area contributed by atoms with Crippen molar-refractivity contribution >= 4 is 5.69 Å². The predicted octanol–water partition coefficient (Wildman–Crippen LogP) is 5.49. The summed E-state index contributed by atoms with van der Waals surface area (Å²) in [4.78, 5) is 2.14. The summed E-state index contributed by atoms with van der Waals surface area (Å²) in [7, 11) is 4.17. The molecule has 1 N–H and O–H groups in total. The van der Waals surface area contributed by atoms with Gasteiger partial charge >= 0.3 is 0 Å². The molecule has 3 nitrogen and oxygen atoms in total. The SMILES string of the molecule is CC(C)CC[C@H](CCNCc1ccc(N(C)C)cc1)[C@H]1CCOC(C)(C)C1. The van der Waals surface area contributed by atoms with E-state index in [1.807, 2.05) is 0 Å². The van der Waals surface area contributed by atoms with Gasteiger partial charge in [-0.25, -0.2) is 0 Å². The van der Waals surface area contributed by atoms with Gasteiger partial charge in [0.25, 0.3) is 0 Å². The normalized spacial score (nSPS) is 20.6. The van der Waals surface area contributed by atoms with Crippen molar-refractivity contribution in [3.63, 3.8) is 0 Å². The van der Waals surface area contributed by atoms with Crippen molar-refractivity contribution in [2.24, 2.45) is 17.8 Å². The quantitative estimate of drug-likeness (QED) is 0.548. The fourth-order valence-corrected chi connectivity index (χ4v) is 4.28. The van der Waals surface area contributed by atoms with Gasteiger partial charge in [0.05, 0.1) is 5.60 Å². The minimum atomic E-state index is 0.0562. The Balaban J connectivity index is 1.82. The summed E-state index contributed by atoms with van der Waals surface area (Å²) in [5, 5.41) is 3.68. The van der Waals surface area contributed by atoms with Crippen LogP contribution in [0.25, 0.3) is 0 Å². The predicted molar refractivity (Wildman–Crippen MR) is 117 cm³/mol. The summed E-state index contributed by atoms with van der Waals surface area (Å²) in [6, 6.07) is 8.87. The molecule has 154 valence electrons. The van der Waals surface area contributed by atoms with Gasteiger partial charge in [0.1, 0.15) is 0 Å². The second-order valence-electron chi connectivity index (χ2n) is 9.62. The van der Waals surface area contributed by atoms with Crippen molar-refractivity contribution in [3.8, 4) is 0 Å². The van der Waals surface area contributed by atoms with Crippen molar-refractivity contribution in [1.82, 2.24) is 5.32 Å². The van der Waals surface area contributed by atoms with Crippen molar-refractivity contribution < 1.29 is 4.74 Å². The van der Waals surface area contributed by atoms with Gasteiger partial charge in [-0.05, 0) is 81.5 Å². The molecule has 0 aliphatic carbocycles. The van der Waals surface area contributed by atoms with Crippen LogP contribution in [0.1, 0.15) is 65.4 Å². The molecule has 0 bridgehead atoms. The minimum absolute atomic E-state index is 0.0562. The summed E-state index contributed by atoms with van der Waals surface area (Å²) in [6.07, 6.45) is 6.43. The highest BCUT2D eigenvalue weighted by Crippen LogP contribution is 2.37. The van der Waals surface area contributed by atoms with E-state index in [-0.39, 0.29) is 5.60 Å². The van der Waals surface area contributed by atoms with E-state index in [0.29, 0.717) is 0 Å². The number of nitrogens with one attached hydrogen (secondary N) is 1. The summed E-state index contributed by atoms with van der Waals surface area (Å²) in [5.74, 6) is 2.43. The van der Waals surface area contributed by atoms with Crippen LogP contribution in [0.5, 0.6) is 0 Å². The zero-order valence-corrected chi connectivity index (χ0v) is 18.6. The summed E-state index contributed by atoms with van der Waals surface area (Å²) in [5.41, 5.74) is 2.68. The number of rotatable bonds is 10. The number of hydrogen-bond donors (Lipinski definition) is 1. The molecule has 27 heavy (non-hydrogen) atoms. The Morgan fingerprint density at radius 1 is 1.11 bits per heavy atom. The number of ether oxygens (including phenoxy) is 1. The standard InChI is InChI=1S/C24H42N2O/c1-19(2)7-10-21(22-14-16-27-24(3,4)17-22)13-15-25-18-20-8-11-23(12-9-20)26(5)6/h8-9,11-12,19,21-22,25H,7,10,13-18H2,1-6H3/t21-,22+/m1/s1. The maximum atomic E-state index is 5.96.